The smallest absolute Gasteiger partial charge is 0.243 e. The Balaban J connectivity index is 1.66. The van der Waals surface area contributed by atoms with Crippen molar-refractivity contribution in [2.75, 3.05) is 18.9 Å². The van der Waals surface area contributed by atoms with E-state index in [4.69, 9.17) is 11.6 Å². The van der Waals surface area contributed by atoms with Crippen LogP contribution in [0.15, 0.2) is 54.7 Å². The van der Waals surface area contributed by atoms with Gasteiger partial charge in [0.2, 0.25) is 17.7 Å². The third-order valence-corrected chi connectivity index (χ3v) is 5.02. The molecule has 6 nitrogen and oxygen atoms in total. The summed E-state index contributed by atoms with van der Waals surface area (Å²) in [5, 5.41) is 3.31. The Hall–Kier alpha value is -3.12. The number of amides is 3. The zero-order valence-electron chi connectivity index (χ0n) is 16.3. The lowest BCUT2D eigenvalue weighted by molar-refractivity contribution is -0.136. The van der Waals surface area contributed by atoms with Gasteiger partial charge >= 0.3 is 0 Å². The van der Waals surface area contributed by atoms with E-state index in [0.717, 1.165) is 11.1 Å². The molecule has 1 heterocycles. The monoisotopic (exact) mass is 411 g/mol. The molecule has 0 unspecified atom stereocenters. The fourth-order valence-electron chi connectivity index (χ4n) is 3.27. The number of benzene rings is 2. The molecule has 1 atom stereocenters. The Morgan fingerprint density at radius 3 is 2.48 bits per heavy atom. The maximum Gasteiger partial charge on any atom is 0.243 e. The zero-order valence-corrected chi connectivity index (χ0v) is 17.0. The van der Waals surface area contributed by atoms with Gasteiger partial charge in [0.15, 0.2) is 0 Å². The van der Waals surface area contributed by atoms with Crippen molar-refractivity contribution >= 4 is 41.1 Å². The van der Waals surface area contributed by atoms with Crippen LogP contribution in [0, 0.1) is 0 Å². The van der Waals surface area contributed by atoms with Crippen LogP contribution in [0.25, 0.3) is 6.08 Å². The lowest BCUT2D eigenvalue weighted by atomic mass is 9.93. The van der Waals surface area contributed by atoms with E-state index in [1.165, 1.54) is 11.8 Å². The van der Waals surface area contributed by atoms with Gasteiger partial charge < -0.3 is 15.1 Å². The van der Waals surface area contributed by atoms with Crippen molar-refractivity contribution in [3.63, 3.8) is 0 Å². The molecule has 150 valence electrons. The maximum atomic E-state index is 12.8. The number of hydrogen-bond acceptors (Lipinski definition) is 3. The predicted octanol–water partition coefficient (Wildman–Crippen LogP) is 3.70. The van der Waals surface area contributed by atoms with E-state index in [1.54, 1.807) is 42.4 Å². The van der Waals surface area contributed by atoms with Crippen LogP contribution in [-0.2, 0) is 14.4 Å². The number of anilines is 1. The summed E-state index contributed by atoms with van der Waals surface area (Å²) in [6.45, 7) is 1.38. The number of nitrogens with zero attached hydrogens (tertiary/aromatic N) is 2. The van der Waals surface area contributed by atoms with Gasteiger partial charge in [0.1, 0.15) is 0 Å². The summed E-state index contributed by atoms with van der Waals surface area (Å²) in [5.74, 6) is -0.676. The van der Waals surface area contributed by atoms with Gasteiger partial charge in [-0.05, 0) is 41.5 Å². The van der Waals surface area contributed by atoms with E-state index >= 15 is 0 Å². The molecule has 0 aromatic heterocycles. The first kappa shape index (κ1) is 20.6. The highest BCUT2D eigenvalue weighted by Gasteiger charge is 2.29. The lowest BCUT2D eigenvalue weighted by Gasteiger charge is -2.33. The SMILES string of the molecule is CC(=O)N1C=Cc2ccccc2[C@H]1CC(=O)N(C)CC(=O)Nc1ccc(Cl)cc1. The first-order valence-electron chi connectivity index (χ1n) is 9.20. The number of nitrogens with one attached hydrogen (secondary N) is 1. The molecule has 0 bridgehead atoms. The highest BCUT2D eigenvalue weighted by molar-refractivity contribution is 6.30. The molecule has 0 spiro atoms. The van der Waals surface area contributed by atoms with Gasteiger partial charge in [-0.1, -0.05) is 35.9 Å². The van der Waals surface area contributed by atoms with Crippen molar-refractivity contribution in [2.24, 2.45) is 0 Å². The zero-order chi connectivity index (χ0) is 21.0. The van der Waals surface area contributed by atoms with Gasteiger partial charge in [-0.25, -0.2) is 0 Å². The molecule has 0 saturated carbocycles. The van der Waals surface area contributed by atoms with Crippen molar-refractivity contribution in [3.05, 3.63) is 70.9 Å². The number of likely N-dealkylation sites (N-methyl/N-ethyl adjacent to an activating group) is 1. The lowest BCUT2D eigenvalue weighted by Crippen LogP contribution is -2.39. The normalized spacial score (nSPS) is 14.9. The van der Waals surface area contributed by atoms with Crippen LogP contribution < -0.4 is 5.32 Å². The van der Waals surface area contributed by atoms with Crippen molar-refractivity contribution < 1.29 is 14.4 Å². The molecule has 0 aliphatic carbocycles. The van der Waals surface area contributed by atoms with Crippen LogP contribution in [0.4, 0.5) is 5.69 Å². The summed E-state index contributed by atoms with van der Waals surface area (Å²) in [7, 11) is 1.58. The van der Waals surface area contributed by atoms with Crippen LogP contribution in [0.2, 0.25) is 5.02 Å². The molecule has 1 N–H and O–H groups in total. The fourth-order valence-corrected chi connectivity index (χ4v) is 3.40. The van der Waals surface area contributed by atoms with Crippen molar-refractivity contribution in [1.82, 2.24) is 9.80 Å². The standard InChI is InChI=1S/C22H22ClN3O3/c1-15(27)26-12-11-16-5-3-4-6-19(16)20(26)13-22(29)25(2)14-21(28)24-18-9-7-17(23)8-10-18/h3-12,20H,13-14H2,1-2H3,(H,24,28)/t20-/m1/s1. The number of halogens is 1. The topological polar surface area (TPSA) is 69.7 Å². The number of carbonyl (C=O) groups excluding carboxylic acids is 3. The molecule has 3 rings (SSSR count). The van der Waals surface area contributed by atoms with E-state index < -0.39 is 6.04 Å². The van der Waals surface area contributed by atoms with Crippen LogP contribution >= 0.6 is 11.6 Å². The molecule has 1 aliphatic rings. The van der Waals surface area contributed by atoms with Crippen molar-refractivity contribution in [3.8, 4) is 0 Å². The summed E-state index contributed by atoms with van der Waals surface area (Å²) in [6, 6.07) is 14.0. The van der Waals surface area contributed by atoms with E-state index in [0.29, 0.717) is 10.7 Å². The second-order valence-corrected chi connectivity index (χ2v) is 7.33. The van der Waals surface area contributed by atoms with Gasteiger partial charge in [0, 0.05) is 30.9 Å². The van der Waals surface area contributed by atoms with Gasteiger partial charge in [0.05, 0.1) is 19.0 Å². The molecule has 2 aromatic rings. The van der Waals surface area contributed by atoms with E-state index in [1.807, 2.05) is 30.3 Å². The summed E-state index contributed by atoms with van der Waals surface area (Å²) >= 11 is 5.84. The Kier molecular flexibility index (Phi) is 6.34. The molecule has 29 heavy (non-hydrogen) atoms. The minimum Gasteiger partial charge on any atom is -0.336 e. The summed E-state index contributed by atoms with van der Waals surface area (Å²) < 4.78 is 0. The first-order chi connectivity index (χ1) is 13.8. The van der Waals surface area contributed by atoms with Crippen LogP contribution in [0.5, 0.6) is 0 Å². The quantitative estimate of drug-likeness (QED) is 0.815. The maximum absolute atomic E-state index is 12.8. The average Bonchev–Trinajstić information content (AvgIpc) is 2.69. The van der Waals surface area contributed by atoms with Crippen LogP contribution in [0.3, 0.4) is 0 Å². The third kappa shape index (κ3) is 5.03. The molecular weight excluding hydrogens is 390 g/mol. The van der Waals surface area contributed by atoms with E-state index in [9.17, 15) is 14.4 Å². The second-order valence-electron chi connectivity index (χ2n) is 6.90. The van der Waals surface area contributed by atoms with Crippen molar-refractivity contribution in [1.29, 1.82) is 0 Å². The largest absolute Gasteiger partial charge is 0.336 e. The Bertz CT molecular complexity index is 956. The van der Waals surface area contributed by atoms with Gasteiger partial charge in [-0.2, -0.15) is 0 Å². The third-order valence-electron chi connectivity index (χ3n) is 4.77. The summed E-state index contributed by atoms with van der Waals surface area (Å²) in [5.41, 5.74) is 2.50. The molecule has 0 fully saturated rings. The average molecular weight is 412 g/mol. The summed E-state index contributed by atoms with van der Waals surface area (Å²) in [4.78, 5) is 40.0. The second kappa shape index (κ2) is 8.92. The highest BCUT2D eigenvalue weighted by Crippen LogP contribution is 2.33. The Morgan fingerprint density at radius 2 is 1.79 bits per heavy atom. The number of fused-ring (bicyclic) bond motifs is 1. The fraction of sp³-hybridized carbons (Fsp3) is 0.227. The first-order valence-corrected chi connectivity index (χ1v) is 9.58. The van der Waals surface area contributed by atoms with Crippen LogP contribution in [-0.4, -0.2) is 41.1 Å². The number of rotatable bonds is 5. The minimum absolute atomic E-state index is 0.0889. The molecule has 3 amide bonds. The molecular formula is C22H22ClN3O3. The van der Waals surface area contributed by atoms with E-state index in [2.05, 4.69) is 5.32 Å². The van der Waals surface area contributed by atoms with Gasteiger partial charge in [-0.3, -0.25) is 14.4 Å². The van der Waals surface area contributed by atoms with E-state index in [-0.39, 0.29) is 30.7 Å². The van der Waals surface area contributed by atoms with Gasteiger partial charge in [0.25, 0.3) is 0 Å². The minimum atomic E-state index is -0.400. The Morgan fingerprint density at radius 1 is 1.10 bits per heavy atom. The van der Waals surface area contributed by atoms with Gasteiger partial charge in [-0.15, -0.1) is 0 Å². The molecule has 1 aliphatic heterocycles. The molecule has 0 saturated heterocycles. The highest BCUT2D eigenvalue weighted by atomic mass is 35.5. The molecule has 2 aromatic carbocycles. The number of hydrogen-bond donors (Lipinski definition) is 1. The Labute approximate surface area is 174 Å². The molecule has 0 radical (unpaired) electrons. The predicted molar refractivity (Wildman–Crippen MR) is 113 cm³/mol. The molecule has 7 heteroatoms. The summed E-state index contributed by atoms with van der Waals surface area (Å²) in [6.07, 6.45) is 3.66. The van der Waals surface area contributed by atoms with Crippen LogP contribution in [0.1, 0.15) is 30.5 Å². The number of carbonyl (C=O) groups is 3. The van der Waals surface area contributed by atoms with Crippen molar-refractivity contribution in [2.45, 2.75) is 19.4 Å².